The number of nitrogens with one attached hydrogen (secondary N) is 1. The molecule has 0 aliphatic heterocycles. The van der Waals surface area contributed by atoms with Crippen molar-refractivity contribution in [2.45, 2.75) is 18.4 Å². The first-order valence-corrected chi connectivity index (χ1v) is 8.30. The second kappa shape index (κ2) is 7.60. The van der Waals surface area contributed by atoms with E-state index in [0.29, 0.717) is 0 Å². The van der Waals surface area contributed by atoms with Gasteiger partial charge in [-0.05, 0) is 51.5 Å². The van der Waals surface area contributed by atoms with Crippen molar-refractivity contribution >= 4 is 33.4 Å². The van der Waals surface area contributed by atoms with Gasteiger partial charge >= 0.3 is 0 Å². The lowest BCUT2D eigenvalue weighted by Crippen LogP contribution is -2.01. The van der Waals surface area contributed by atoms with Crippen LogP contribution in [0.15, 0.2) is 51.8 Å². The van der Waals surface area contributed by atoms with E-state index in [4.69, 9.17) is 4.74 Å². The minimum Gasteiger partial charge on any atom is -0.496 e. The van der Waals surface area contributed by atoms with Crippen LogP contribution >= 0.6 is 27.7 Å². The van der Waals surface area contributed by atoms with E-state index in [1.165, 1.54) is 16.1 Å². The molecule has 2 aromatic rings. The number of halogens is 1. The maximum absolute atomic E-state index is 5.24. The van der Waals surface area contributed by atoms with Crippen LogP contribution in [0, 0.1) is 0 Å². The topological polar surface area (TPSA) is 21.3 Å². The van der Waals surface area contributed by atoms with E-state index in [2.05, 4.69) is 64.6 Å². The van der Waals surface area contributed by atoms with Gasteiger partial charge in [-0.25, -0.2) is 0 Å². The van der Waals surface area contributed by atoms with Gasteiger partial charge in [-0.2, -0.15) is 0 Å². The first-order chi connectivity index (χ1) is 9.74. The Morgan fingerprint density at radius 3 is 2.70 bits per heavy atom. The Kier molecular flexibility index (Phi) is 5.80. The summed E-state index contributed by atoms with van der Waals surface area (Å²) in [6, 6.07) is 14.6. The predicted molar refractivity (Wildman–Crippen MR) is 90.9 cm³/mol. The fraction of sp³-hybridized carbons (Fsp3) is 0.250. The molecule has 1 N–H and O–H groups in total. The van der Waals surface area contributed by atoms with Crippen molar-refractivity contribution in [2.75, 3.05) is 18.2 Å². The highest BCUT2D eigenvalue weighted by Gasteiger charge is 2.04. The summed E-state index contributed by atoms with van der Waals surface area (Å²) in [7, 11) is 1.68. The largest absolute Gasteiger partial charge is 0.496 e. The summed E-state index contributed by atoms with van der Waals surface area (Å²) < 4.78 is 6.23. The van der Waals surface area contributed by atoms with Gasteiger partial charge in [0, 0.05) is 17.1 Å². The van der Waals surface area contributed by atoms with E-state index in [0.717, 1.165) is 22.5 Å². The number of hydrogen-bond acceptors (Lipinski definition) is 3. The molecule has 0 saturated heterocycles. The van der Waals surface area contributed by atoms with Gasteiger partial charge in [-0.1, -0.05) is 25.1 Å². The third-order valence-corrected chi connectivity index (χ3v) is 4.46. The van der Waals surface area contributed by atoms with E-state index < -0.39 is 0 Å². The zero-order valence-electron chi connectivity index (χ0n) is 11.7. The van der Waals surface area contributed by atoms with Gasteiger partial charge in [-0.3, -0.25) is 0 Å². The molecular weight excluding hydrogens is 334 g/mol. The SMILES string of the molecule is CCSc1ccccc1NCc1ccc(OC)c(Br)c1. The first kappa shape index (κ1) is 15.3. The number of rotatable bonds is 6. The molecule has 0 fully saturated rings. The second-order valence-corrected chi connectivity index (χ2v) is 6.41. The Balaban J connectivity index is 2.07. The maximum Gasteiger partial charge on any atom is 0.133 e. The van der Waals surface area contributed by atoms with E-state index in [9.17, 15) is 0 Å². The molecule has 0 spiro atoms. The standard InChI is InChI=1S/C16H18BrNOS/c1-3-20-16-7-5-4-6-14(16)18-11-12-8-9-15(19-2)13(17)10-12/h4-10,18H,3,11H2,1-2H3. The smallest absolute Gasteiger partial charge is 0.133 e. The number of thioether (sulfide) groups is 1. The lowest BCUT2D eigenvalue weighted by molar-refractivity contribution is 0.412. The summed E-state index contributed by atoms with van der Waals surface area (Å²) in [5.41, 5.74) is 2.40. The number of hydrogen-bond donors (Lipinski definition) is 1. The van der Waals surface area contributed by atoms with Gasteiger partial charge in [-0.15, -0.1) is 11.8 Å². The number of ether oxygens (including phenoxy) is 1. The van der Waals surface area contributed by atoms with Crippen LogP contribution in [-0.2, 0) is 6.54 Å². The average Bonchev–Trinajstić information content (AvgIpc) is 2.47. The molecular formula is C16H18BrNOS. The van der Waals surface area contributed by atoms with Crippen molar-refractivity contribution in [3.05, 3.63) is 52.5 Å². The van der Waals surface area contributed by atoms with Gasteiger partial charge < -0.3 is 10.1 Å². The maximum atomic E-state index is 5.24. The van der Waals surface area contributed by atoms with Crippen LogP contribution in [0.4, 0.5) is 5.69 Å². The minimum absolute atomic E-state index is 0.796. The van der Waals surface area contributed by atoms with Crippen LogP contribution in [-0.4, -0.2) is 12.9 Å². The van der Waals surface area contributed by atoms with Crippen LogP contribution in [0.5, 0.6) is 5.75 Å². The van der Waals surface area contributed by atoms with Crippen LogP contribution < -0.4 is 10.1 Å². The molecule has 20 heavy (non-hydrogen) atoms. The lowest BCUT2D eigenvalue weighted by Gasteiger charge is -2.12. The van der Waals surface area contributed by atoms with E-state index >= 15 is 0 Å². The van der Waals surface area contributed by atoms with Gasteiger partial charge in [0.05, 0.1) is 11.6 Å². The molecule has 0 aromatic heterocycles. The zero-order chi connectivity index (χ0) is 14.4. The highest BCUT2D eigenvalue weighted by molar-refractivity contribution is 9.10. The molecule has 2 aromatic carbocycles. The van der Waals surface area contributed by atoms with Crippen molar-refractivity contribution in [3.8, 4) is 5.75 Å². The normalized spacial score (nSPS) is 10.3. The van der Waals surface area contributed by atoms with Crippen LogP contribution in [0.2, 0.25) is 0 Å². The third-order valence-electron chi connectivity index (χ3n) is 2.89. The van der Waals surface area contributed by atoms with E-state index in [1.807, 2.05) is 17.8 Å². The van der Waals surface area contributed by atoms with Crippen molar-refractivity contribution in [2.24, 2.45) is 0 Å². The summed E-state index contributed by atoms with van der Waals surface area (Å²) in [5, 5.41) is 3.50. The van der Waals surface area contributed by atoms with Gasteiger partial charge in [0.2, 0.25) is 0 Å². The fourth-order valence-corrected chi connectivity index (χ4v) is 3.28. The molecule has 0 bridgehead atoms. The molecule has 2 nitrogen and oxygen atoms in total. The summed E-state index contributed by atoms with van der Waals surface area (Å²) in [6.07, 6.45) is 0. The molecule has 2 rings (SSSR count). The third kappa shape index (κ3) is 3.93. The summed E-state index contributed by atoms with van der Waals surface area (Å²) in [4.78, 5) is 1.29. The molecule has 0 atom stereocenters. The molecule has 0 aliphatic carbocycles. The van der Waals surface area contributed by atoms with Crippen molar-refractivity contribution < 1.29 is 4.74 Å². The zero-order valence-corrected chi connectivity index (χ0v) is 14.1. The average molecular weight is 352 g/mol. The van der Waals surface area contributed by atoms with Crippen molar-refractivity contribution in [1.29, 1.82) is 0 Å². The highest BCUT2D eigenvalue weighted by Crippen LogP contribution is 2.28. The van der Waals surface area contributed by atoms with Crippen molar-refractivity contribution in [1.82, 2.24) is 0 Å². The van der Waals surface area contributed by atoms with E-state index in [-0.39, 0.29) is 0 Å². The molecule has 4 heteroatoms. The van der Waals surface area contributed by atoms with E-state index in [1.54, 1.807) is 7.11 Å². The summed E-state index contributed by atoms with van der Waals surface area (Å²) in [6.45, 7) is 2.96. The monoisotopic (exact) mass is 351 g/mol. The minimum atomic E-state index is 0.796. The second-order valence-electron chi connectivity index (χ2n) is 4.25. The molecule has 0 radical (unpaired) electrons. The highest BCUT2D eigenvalue weighted by atomic mass is 79.9. The summed E-state index contributed by atoms with van der Waals surface area (Å²) in [5.74, 6) is 1.93. The number of para-hydroxylation sites is 1. The Morgan fingerprint density at radius 1 is 1.20 bits per heavy atom. The Bertz CT molecular complexity index is 574. The number of anilines is 1. The molecule has 0 saturated carbocycles. The van der Waals surface area contributed by atoms with Gasteiger partial charge in [0.15, 0.2) is 0 Å². The van der Waals surface area contributed by atoms with Crippen LogP contribution in [0.1, 0.15) is 12.5 Å². The molecule has 0 aliphatic rings. The Morgan fingerprint density at radius 2 is 2.00 bits per heavy atom. The quantitative estimate of drug-likeness (QED) is 0.724. The summed E-state index contributed by atoms with van der Waals surface area (Å²) >= 11 is 5.37. The molecule has 0 unspecified atom stereocenters. The number of methoxy groups -OCH3 is 1. The Hall–Kier alpha value is -1.13. The number of benzene rings is 2. The molecule has 106 valence electrons. The van der Waals surface area contributed by atoms with Crippen molar-refractivity contribution in [3.63, 3.8) is 0 Å². The molecule has 0 amide bonds. The first-order valence-electron chi connectivity index (χ1n) is 6.52. The van der Waals surface area contributed by atoms with Crippen LogP contribution in [0.3, 0.4) is 0 Å². The van der Waals surface area contributed by atoms with Gasteiger partial charge in [0.25, 0.3) is 0 Å². The van der Waals surface area contributed by atoms with Gasteiger partial charge in [0.1, 0.15) is 5.75 Å². The predicted octanol–water partition coefficient (Wildman–Crippen LogP) is 5.18. The lowest BCUT2D eigenvalue weighted by atomic mass is 10.2. The van der Waals surface area contributed by atoms with Crippen LogP contribution in [0.25, 0.3) is 0 Å². The Labute approximate surface area is 133 Å². The molecule has 0 heterocycles. The fourth-order valence-electron chi connectivity index (χ4n) is 1.91.